The van der Waals surface area contributed by atoms with Gasteiger partial charge in [0.1, 0.15) is 6.10 Å². The van der Waals surface area contributed by atoms with Gasteiger partial charge in [0.05, 0.1) is 17.7 Å². The normalized spacial score (nSPS) is 35.1. The zero-order valence-corrected chi connectivity index (χ0v) is 9.03. The highest BCUT2D eigenvalue weighted by Gasteiger charge is 2.61. The van der Waals surface area contributed by atoms with Crippen molar-refractivity contribution in [2.24, 2.45) is 0 Å². The van der Waals surface area contributed by atoms with Crippen molar-refractivity contribution in [1.82, 2.24) is 9.97 Å². The summed E-state index contributed by atoms with van der Waals surface area (Å²) in [5.41, 5.74) is -0.237. The Morgan fingerprint density at radius 2 is 2.21 bits per heavy atom. The lowest BCUT2D eigenvalue weighted by Crippen LogP contribution is -2.26. The molecule has 0 saturated carbocycles. The van der Waals surface area contributed by atoms with E-state index in [9.17, 15) is 0 Å². The van der Waals surface area contributed by atoms with Crippen molar-refractivity contribution in [3.05, 3.63) is 22.7 Å². The molecule has 2 saturated heterocycles. The molecule has 4 nitrogen and oxygen atoms in total. The van der Waals surface area contributed by atoms with Crippen LogP contribution in [0.25, 0.3) is 0 Å². The summed E-state index contributed by atoms with van der Waals surface area (Å²) in [5.74, 6) is 0.786. The van der Waals surface area contributed by atoms with Gasteiger partial charge in [-0.1, -0.05) is 0 Å². The van der Waals surface area contributed by atoms with Gasteiger partial charge in [-0.3, -0.25) is 0 Å². The van der Waals surface area contributed by atoms with Gasteiger partial charge >= 0.3 is 0 Å². The molecule has 0 amide bonds. The Hall–Kier alpha value is -0.520. The first-order chi connectivity index (χ1) is 6.81. The lowest BCUT2D eigenvalue weighted by Gasteiger charge is -2.15. The highest BCUT2D eigenvalue weighted by atomic mass is 79.9. The molecule has 0 N–H and O–H groups in total. The van der Waals surface area contributed by atoms with Crippen LogP contribution in [0.2, 0.25) is 0 Å². The molecular weight excluding hydrogens is 248 g/mol. The largest absolute Gasteiger partial charge is 0.378 e. The van der Waals surface area contributed by atoms with Crippen LogP contribution < -0.4 is 0 Å². The van der Waals surface area contributed by atoms with Gasteiger partial charge in [0, 0.05) is 18.8 Å². The van der Waals surface area contributed by atoms with Crippen molar-refractivity contribution in [3.8, 4) is 0 Å². The van der Waals surface area contributed by atoms with Crippen LogP contribution in [0.4, 0.5) is 0 Å². The van der Waals surface area contributed by atoms with Crippen molar-refractivity contribution >= 4 is 15.9 Å². The molecule has 2 atom stereocenters. The number of epoxide rings is 1. The van der Waals surface area contributed by atoms with Gasteiger partial charge in [0.2, 0.25) is 0 Å². The van der Waals surface area contributed by atoms with Crippen molar-refractivity contribution in [2.75, 3.05) is 13.2 Å². The number of fused-ring (bicyclic) bond motifs is 1. The monoisotopic (exact) mass is 256 g/mol. The molecule has 2 aliphatic heterocycles. The second-order valence-electron chi connectivity index (χ2n) is 3.55. The Kier molecular flexibility index (Phi) is 1.87. The number of hydrogen-bond acceptors (Lipinski definition) is 4. The summed E-state index contributed by atoms with van der Waals surface area (Å²) in [6.07, 6.45) is 4.54. The van der Waals surface area contributed by atoms with Crippen LogP contribution in [0.3, 0.4) is 0 Å². The molecular formula is C9H9BrN2O2. The van der Waals surface area contributed by atoms with Gasteiger partial charge in [-0.05, 0) is 15.9 Å². The third kappa shape index (κ3) is 1.20. The maximum atomic E-state index is 5.63. The lowest BCUT2D eigenvalue weighted by molar-refractivity contribution is 0.0958. The fourth-order valence-corrected chi connectivity index (χ4v) is 2.07. The van der Waals surface area contributed by atoms with E-state index in [4.69, 9.17) is 9.47 Å². The van der Waals surface area contributed by atoms with Crippen molar-refractivity contribution < 1.29 is 9.47 Å². The summed E-state index contributed by atoms with van der Waals surface area (Å²) >= 11 is 3.31. The number of nitrogens with zero attached hydrogens (tertiary/aromatic N) is 2. The van der Waals surface area contributed by atoms with E-state index in [2.05, 4.69) is 25.9 Å². The zero-order valence-electron chi connectivity index (χ0n) is 7.44. The summed E-state index contributed by atoms with van der Waals surface area (Å²) in [5, 5.41) is 0. The van der Waals surface area contributed by atoms with Crippen LogP contribution in [-0.4, -0.2) is 29.3 Å². The molecule has 5 heteroatoms. The molecule has 74 valence electrons. The second-order valence-corrected chi connectivity index (χ2v) is 4.46. The number of rotatable bonds is 1. The van der Waals surface area contributed by atoms with Gasteiger partial charge in [0.25, 0.3) is 0 Å². The van der Waals surface area contributed by atoms with E-state index in [-0.39, 0.29) is 11.7 Å². The van der Waals surface area contributed by atoms with Gasteiger partial charge in [-0.2, -0.15) is 0 Å². The molecule has 14 heavy (non-hydrogen) atoms. The molecule has 3 rings (SSSR count). The molecule has 0 spiro atoms. The first-order valence-corrected chi connectivity index (χ1v) is 5.34. The van der Waals surface area contributed by atoms with Gasteiger partial charge in [-0.25, -0.2) is 9.97 Å². The van der Waals surface area contributed by atoms with E-state index in [1.54, 1.807) is 12.4 Å². The molecule has 0 unspecified atom stereocenters. The second kappa shape index (κ2) is 2.98. The van der Waals surface area contributed by atoms with E-state index in [0.29, 0.717) is 6.61 Å². The molecule has 0 aromatic carbocycles. The summed E-state index contributed by atoms with van der Waals surface area (Å²) in [4.78, 5) is 8.55. The quantitative estimate of drug-likeness (QED) is 0.710. The summed E-state index contributed by atoms with van der Waals surface area (Å²) in [6, 6.07) is 0. The smallest absolute Gasteiger partial charge is 0.163 e. The topological polar surface area (TPSA) is 47.5 Å². The van der Waals surface area contributed by atoms with Crippen LogP contribution in [0.1, 0.15) is 12.2 Å². The lowest BCUT2D eigenvalue weighted by atomic mass is 9.99. The van der Waals surface area contributed by atoms with Gasteiger partial charge in [-0.15, -0.1) is 0 Å². The minimum Gasteiger partial charge on any atom is -0.378 e. The summed E-state index contributed by atoms with van der Waals surface area (Å²) < 4.78 is 11.8. The SMILES string of the molecule is Brc1cnc([C@]23CCOC[C@@H]2O3)nc1. The molecule has 1 aromatic rings. The predicted octanol–water partition coefficient (Wildman–Crippen LogP) is 1.25. The number of hydrogen-bond donors (Lipinski definition) is 0. The average molecular weight is 257 g/mol. The maximum absolute atomic E-state index is 5.63. The molecule has 1 aromatic heterocycles. The third-order valence-electron chi connectivity index (χ3n) is 2.70. The third-order valence-corrected chi connectivity index (χ3v) is 3.11. The van der Waals surface area contributed by atoms with E-state index < -0.39 is 0 Å². The highest BCUT2D eigenvalue weighted by Crippen LogP contribution is 2.49. The van der Waals surface area contributed by atoms with Crippen molar-refractivity contribution in [2.45, 2.75) is 18.1 Å². The van der Waals surface area contributed by atoms with E-state index in [0.717, 1.165) is 23.3 Å². The molecule has 2 aliphatic rings. The Labute approximate surface area is 89.8 Å². The fraction of sp³-hybridized carbons (Fsp3) is 0.556. The molecule has 0 bridgehead atoms. The summed E-state index contributed by atoms with van der Waals surface area (Å²) in [7, 11) is 0. The minimum absolute atomic E-state index is 0.164. The summed E-state index contributed by atoms with van der Waals surface area (Å²) in [6.45, 7) is 1.40. The van der Waals surface area contributed by atoms with Crippen molar-refractivity contribution in [3.63, 3.8) is 0 Å². The van der Waals surface area contributed by atoms with Crippen LogP contribution >= 0.6 is 15.9 Å². The number of halogens is 1. The number of aromatic nitrogens is 2. The fourth-order valence-electron chi connectivity index (χ4n) is 1.86. The van der Waals surface area contributed by atoms with E-state index >= 15 is 0 Å². The standard InChI is InChI=1S/C9H9BrN2O2/c10-6-3-11-8(12-4-6)9-1-2-13-5-7(9)14-9/h3-4,7H,1-2,5H2/t7-,9-/m0/s1. The molecule has 0 radical (unpaired) electrons. The van der Waals surface area contributed by atoms with Gasteiger partial charge < -0.3 is 9.47 Å². The molecule has 3 heterocycles. The zero-order chi connectivity index (χ0) is 9.60. The predicted molar refractivity (Wildman–Crippen MR) is 51.7 cm³/mol. The Morgan fingerprint density at radius 3 is 2.93 bits per heavy atom. The first kappa shape index (κ1) is 8.76. The Bertz CT molecular complexity index is 356. The van der Waals surface area contributed by atoms with Crippen molar-refractivity contribution in [1.29, 1.82) is 0 Å². The van der Waals surface area contributed by atoms with Gasteiger partial charge in [0.15, 0.2) is 11.4 Å². The van der Waals surface area contributed by atoms with E-state index in [1.165, 1.54) is 0 Å². The number of ether oxygens (including phenoxy) is 2. The van der Waals surface area contributed by atoms with Crippen LogP contribution in [0.15, 0.2) is 16.9 Å². The first-order valence-electron chi connectivity index (χ1n) is 4.55. The average Bonchev–Trinajstić information content (AvgIpc) is 2.94. The maximum Gasteiger partial charge on any atom is 0.163 e. The van der Waals surface area contributed by atoms with E-state index in [1.807, 2.05) is 0 Å². The minimum atomic E-state index is -0.237. The Morgan fingerprint density at radius 1 is 1.43 bits per heavy atom. The molecule has 2 fully saturated rings. The van der Waals surface area contributed by atoms with Crippen LogP contribution in [0, 0.1) is 0 Å². The van der Waals surface area contributed by atoms with Crippen LogP contribution in [0.5, 0.6) is 0 Å². The highest BCUT2D eigenvalue weighted by molar-refractivity contribution is 9.10. The molecule has 0 aliphatic carbocycles. The van der Waals surface area contributed by atoms with Crippen LogP contribution in [-0.2, 0) is 15.1 Å². The Balaban J connectivity index is 1.92.